The SMILES string of the molecule is COCCNC(=O)c1ccc(-c2ccccc2)cn1. The third-order valence-electron chi connectivity index (χ3n) is 2.69. The van der Waals surface area contributed by atoms with Gasteiger partial charge >= 0.3 is 0 Å². The molecule has 0 aliphatic rings. The highest BCUT2D eigenvalue weighted by Crippen LogP contribution is 2.17. The molecule has 98 valence electrons. The lowest BCUT2D eigenvalue weighted by Crippen LogP contribution is -2.27. The van der Waals surface area contributed by atoms with Crippen LogP contribution in [-0.2, 0) is 4.74 Å². The summed E-state index contributed by atoms with van der Waals surface area (Å²) in [5.41, 5.74) is 2.49. The van der Waals surface area contributed by atoms with E-state index in [9.17, 15) is 4.79 Å². The number of nitrogens with zero attached hydrogens (tertiary/aromatic N) is 1. The Bertz CT molecular complexity index is 524. The van der Waals surface area contributed by atoms with Gasteiger partial charge in [-0.3, -0.25) is 9.78 Å². The van der Waals surface area contributed by atoms with E-state index >= 15 is 0 Å². The van der Waals surface area contributed by atoms with E-state index in [-0.39, 0.29) is 5.91 Å². The summed E-state index contributed by atoms with van der Waals surface area (Å²) in [5, 5.41) is 2.73. The first-order valence-corrected chi connectivity index (χ1v) is 6.10. The third-order valence-corrected chi connectivity index (χ3v) is 2.69. The van der Waals surface area contributed by atoms with E-state index in [1.807, 2.05) is 36.4 Å². The van der Waals surface area contributed by atoms with Crippen LogP contribution in [0.3, 0.4) is 0 Å². The van der Waals surface area contributed by atoms with Crippen molar-refractivity contribution in [3.8, 4) is 11.1 Å². The molecule has 19 heavy (non-hydrogen) atoms. The van der Waals surface area contributed by atoms with E-state index in [4.69, 9.17) is 4.74 Å². The van der Waals surface area contributed by atoms with Crippen molar-refractivity contribution in [2.45, 2.75) is 0 Å². The summed E-state index contributed by atoms with van der Waals surface area (Å²) in [6, 6.07) is 13.6. The second-order valence-electron chi connectivity index (χ2n) is 4.05. The molecular formula is C15H16N2O2. The molecule has 0 bridgehead atoms. The summed E-state index contributed by atoms with van der Waals surface area (Å²) >= 11 is 0. The van der Waals surface area contributed by atoms with Crippen LogP contribution in [0.5, 0.6) is 0 Å². The van der Waals surface area contributed by atoms with E-state index < -0.39 is 0 Å². The smallest absolute Gasteiger partial charge is 0.269 e. The van der Waals surface area contributed by atoms with Gasteiger partial charge in [0, 0.05) is 25.4 Å². The average Bonchev–Trinajstić information content (AvgIpc) is 2.48. The Labute approximate surface area is 112 Å². The number of hydrogen-bond acceptors (Lipinski definition) is 3. The standard InChI is InChI=1S/C15H16N2O2/c1-19-10-9-16-15(18)14-8-7-13(11-17-14)12-5-3-2-4-6-12/h2-8,11H,9-10H2,1H3,(H,16,18). The third kappa shape index (κ3) is 3.63. The first kappa shape index (κ1) is 13.2. The van der Waals surface area contributed by atoms with Gasteiger partial charge in [0.15, 0.2) is 0 Å². The Hall–Kier alpha value is -2.20. The summed E-state index contributed by atoms with van der Waals surface area (Å²) in [6.45, 7) is 0.977. The van der Waals surface area contributed by atoms with Gasteiger partial charge < -0.3 is 10.1 Å². The van der Waals surface area contributed by atoms with Crippen LogP contribution < -0.4 is 5.32 Å². The molecule has 0 unspecified atom stereocenters. The van der Waals surface area contributed by atoms with E-state index in [1.54, 1.807) is 19.4 Å². The van der Waals surface area contributed by atoms with E-state index in [0.29, 0.717) is 18.8 Å². The molecule has 0 radical (unpaired) electrons. The number of rotatable bonds is 5. The van der Waals surface area contributed by atoms with Crippen molar-refractivity contribution in [3.05, 3.63) is 54.4 Å². The second kappa shape index (κ2) is 6.66. The monoisotopic (exact) mass is 256 g/mol. The largest absolute Gasteiger partial charge is 0.383 e. The number of pyridine rings is 1. The van der Waals surface area contributed by atoms with Crippen LogP contribution in [0.25, 0.3) is 11.1 Å². The van der Waals surface area contributed by atoms with Crippen LogP contribution in [0.15, 0.2) is 48.7 Å². The Balaban J connectivity index is 2.04. The fourth-order valence-electron chi connectivity index (χ4n) is 1.69. The number of ether oxygens (including phenoxy) is 1. The summed E-state index contributed by atoms with van der Waals surface area (Å²) in [4.78, 5) is 15.9. The Kier molecular flexibility index (Phi) is 4.64. The van der Waals surface area contributed by atoms with Crippen molar-refractivity contribution < 1.29 is 9.53 Å². The Morgan fingerprint density at radius 3 is 2.58 bits per heavy atom. The first-order chi connectivity index (χ1) is 9.31. The lowest BCUT2D eigenvalue weighted by Gasteiger charge is -2.05. The molecule has 1 heterocycles. The molecule has 1 amide bonds. The molecule has 0 aliphatic heterocycles. The summed E-state index contributed by atoms with van der Waals surface area (Å²) in [5.74, 6) is -0.184. The van der Waals surface area contributed by atoms with Gasteiger partial charge in [0.25, 0.3) is 5.91 Å². The lowest BCUT2D eigenvalue weighted by atomic mass is 10.1. The average molecular weight is 256 g/mol. The van der Waals surface area contributed by atoms with Crippen molar-refractivity contribution in [2.24, 2.45) is 0 Å². The second-order valence-corrected chi connectivity index (χ2v) is 4.05. The van der Waals surface area contributed by atoms with Gasteiger partial charge in [-0.1, -0.05) is 36.4 Å². The zero-order valence-electron chi connectivity index (χ0n) is 10.8. The van der Waals surface area contributed by atoms with Crippen molar-refractivity contribution in [1.29, 1.82) is 0 Å². The Morgan fingerprint density at radius 1 is 1.16 bits per heavy atom. The minimum absolute atomic E-state index is 0.184. The van der Waals surface area contributed by atoms with Gasteiger partial charge in [-0.25, -0.2) is 0 Å². The number of amides is 1. The first-order valence-electron chi connectivity index (χ1n) is 6.10. The predicted octanol–water partition coefficient (Wildman–Crippen LogP) is 2.12. The lowest BCUT2D eigenvalue weighted by molar-refractivity contribution is 0.0932. The normalized spacial score (nSPS) is 10.2. The maximum absolute atomic E-state index is 11.7. The fraction of sp³-hybridized carbons (Fsp3) is 0.200. The van der Waals surface area contributed by atoms with Gasteiger partial charge in [0.1, 0.15) is 5.69 Å². The number of benzene rings is 1. The molecule has 0 atom stereocenters. The molecule has 0 saturated heterocycles. The van der Waals surface area contributed by atoms with Crippen molar-refractivity contribution in [2.75, 3.05) is 20.3 Å². The number of methoxy groups -OCH3 is 1. The number of hydrogen-bond donors (Lipinski definition) is 1. The highest BCUT2D eigenvalue weighted by molar-refractivity contribution is 5.92. The highest BCUT2D eigenvalue weighted by atomic mass is 16.5. The zero-order valence-corrected chi connectivity index (χ0v) is 10.8. The van der Waals surface area contributed by atoms with Gasteiger partial charge in [0.2, 0.25) is 0 Å². The van der Waals surface area contributed by atoms with Crippen molar-refractivity contribution in [3.63, 3.8) is 0 Å². The van der Waals surface area contributed by atoms with Crippen LogP contribution in [0.2, 0.25) is 0 Å². The summed E-state index contributed by atoms with van der Waals surface area (Å²) in [6.07, 6.45) is 1.71. The van der Waals surface area contributed by atoms with Crippen molar-refractivity contribution >= 4 is 5.91 Å². The van der Waals surface area contributed by atoms with E-state index in [1.165, 1.54) is 0 Å². The molecule has 0 aliphatic carbocycles. The molecule has 1 aromatic heterocycles. The topological polar surface area (TPSA) is 51.2 Å². The molecule has 1 N–H and O–H groups in total. The van der Waals surface area contributed by atoms with E-state index in [0.717, 1.165) is 11.1 Å². The summed E-state index contributed by atoms with van der Waals surface area (Å²) < 4.78 is 4.87. The van der Waals surface area contributed by atoms with Crippen LogP contribution in [0, 0.1) is 0 Å². The summed E-state index contributed by atoms with van der Waals surface area (Å²) in [7, 11) is 1.60. The predicted molar refractivity (Wildman–Crippen MR) is 73.9 cm³/mol. The van der Waals surface area contributed by atoms with Gasteiger partial charge in [-0.15, -0.1) is 0 Å². The minimum Gasteiger partial charge on any atom is -0.383 e. The zero-order chi connectivity index (χ0) is 13.5. The molecule has 2 rings (SSSR count). The van der Waals surface area contributed by atoms with Gasteiger partial charge in [0.05, 0.1) is 6.61 Å². The number of carbonyl (C=O) groups is 1. The molecular weight excluding hydrogens is 240 g/mol. The quantitative estimate of drug-likeness (QED) is 0.834. The number of carbonyl (C=O) groups excluding carboxylic acids is 1. The van der Waals surface area contributed by atoms with E-state index in [2.05, 4.69) is 10.3 Å². The highest BCUT2D eigenvalue weighted by Gasteiger charge is 2.06. The van der Waals surface area contributed by atoms with Gasteiger partial charge in [-0.2, -0.15) is 0 Å². The van der Waals surface area contributed by atoms with Crippen LogP contribution in [0.4, 0.5) is 0 Å². The maximum atomic E-state index is 11.7. The number of aromatic nitrogens is 1. The van der Waals surface area contributed by atoms with Crippen LogP contribution in [-0.4, -0.2) is 31.2 Å². The maximum Gasteiger partial charge on any atom is 0.269 e. The Morgan fingerprint density at radius 2 is 1.95 bits per heavy atom. The molecule has 4 heteroatoms. The number of nitrogens with one attached hydrogen (secondary N) is 1. The molecule has 0 fully saturated rings. The van der Waals surface area contributed by atoms with Crippen LogP contribution in [0.1, 0.15) is 10.5 Å². The van der Waals surface area contributed by atoms with Gasteiger partial charge in [-0.05, 0) is 11.6 Å². The molecule has 2 aromatic rings. The fourth-order valence-corrected chi connectivity index (χ4v) is 1.69. The van der Waals surface area contributed by atoms with Crippen molar-refractivity contribution in [1.82, 2.24) is 10.3 Å². The molecule has 0 spiro atoms. The molecule has 1 aromatic carbocycles. The molecule has 4 nitrogen and oxygen atoms in total. The minimum atomic E-state index is -0.184. The molecule has 0 saturated carbocycles. The van der Waals surface area contributed by atoms with Crippen LogP contribution >= 0.6 is 0 Å².